The number of rotatable bonds is 11. The van der Waals surface area contributed by atoms with Gasteiger partial charge in [0.25, 0.3) is 0 Å². The minimum absolute atomic E-state index is 0.0504. The number of alkyl halides is 3. The highest BCUT2D eigenvalue weighted by Crippen LogP contribution is 2.41. The third kappa shape index (κ3) is 8.01. The van der Waals surface area contributed by atoms with Crippen LogP contribution in [0, 0.1) is 0 Å². The first kappa shape index (κ1) is 32.2. The lowest BCUT2D eigenvalue weighted by atomic mass is 9.99. The van der Waals surface area contributed by atoms with Gasteiger partial charge >= 0.3 is 12.1 Å². The summed E-state index contributed by atoms with van der Waals surface area (Å²) < 4.78 is 78.6. The molecule has 0 saturated carbocycles. The van der Waals surface area contributed by atoms with Gasteiger partial charge in [-0.1, -0.05) is 6.07 Å². The zero-order valence-corrected chi connectivity index (χ0v) is 25.3. The van der Waals surface area contributed by atoms with Crippen molar-refractivity contribution in [2.24, 2.45) is 0 Å². The van der Waals surface area contributed by atoms with Crippen LogP contribution in [0.1, 0.15) is 50.1 Å². The second-order valence-electron chi connectivity index (χ2n) is 10.6. The number of carbonyl (C=O) groups excluding carboxylic acids is 1. The smallest absolute Gasteiger partial charge is 0.420 e. The van der Waals surface area contributed by atoms with E-state index in [9.17, 15) is 22.5 Å². The van der Waals surface area contributed by atoms with Crippen molar-refractivity contribution in [2.45, 2.75) is 58.2 Å². The maximum Gasteiger partial charge on any atom is 0.420 e. The SMILES string of the molecule is CCOC(=O)Cc1ccc(OC)cc1OCc1cc(-c2ccnc(CN[S+]([O-])C(C)(C)C)c2)c2occ(C(F)(F)F)c2c1. The molecule has 2 aromatic heterocycles. The fourth-order valence-corrected chi connectivity index (χ4v) is 5.00. The average Bonchev–Trinajstić information content (AvgIpc) is 3.39. The van der Waals surface area contributed by atoms with Crippen molar-refractivity contribution < 1.29 is 41.1 Å². The molecular formula is C31H33F3N2O6S. The van der Waals surface area contributed by atoms with Gasteiger partial charge in [-0.2, -0.15) is 13.2 Å². The second kappa shape index (κ2) is 13.3. The van der Waals surface area contributed by atoms with Crippen LogP contribution in [0.15, 0.2) is 59.3 Å². The standard InChI is InChI=1S/C31H33F3N2O6S/c1-6-40-28(37)14-21-7-8-23(39-5)15-27(21)41-17-19-11-24(29-25(12-19)26(18-42-29)31(32,33)34)20-9-10-35-22(13-20)16-36-43(38)30(2,3)4/h7-13,15,18,36H,6,14,16-17H2,1-5H3. The van der Waals surface area contributed by atoms with Crippen molar-refractivity contribution in [3.05, 3.63) is 77.3 Å². The summed E-state index contributed by atoms with van der Waals surface area (Å²) in [5, 5.41) is -0.119. The number of hydrogen-bond acceptors (Lipinski definition) is 8. The predicted molar refractivity (Wildman–Crippen MR) is 157 cm³/mol. The monoisotopic (exact) mass is 618 g/mol. The molecule has 0 fully saturated rings. The van der Waals surface area contributed by atoms with Crippen LogP contribution in [0.25, 0.3) is 22.1 Å². The lowest BCUT2D eigenvalue weighted by Gasteiger charge is -2.23. The lowest BCUT2D eigenvalue weighted by molar-refractivity contribution is -0.142. The summed E-state index contributed by atoms with van der Waals surface area (Å²) in [4.78, 5) is 16.5. The highest BCUT2D eigenvalue weighted by Gasteiger charge is 2.35. The van der Waals surface area contributed by atoms with Crippen LogP contribution in [0.2, 0.25) is 0 Å². The number of halogens is 3. The summed E-state index contributed by atoms with van der Waals surface area (Å²) in [7, 11) is 1.49. The zero-order valence-electron chi connectivity index (χ0n) is 24.5. The van der Waals surface area contributed by atoms with E-state index < -0.39 is 33.8 Å². The van der Waals surface area contributed by atoms with Gasteiger partial charge in [0.05, 0.1) is 32.4 Å². The Labute approximate surface area is 250 Å². The maximum absolute atomic E-state index is 13.9. The van der Waals surface area contributed by atoms with E-state index in [1.807, 2.05) is 20.8 Å². The highest BCUT2D eigenvalue weighted by molar-refractivity contribution is 7.90. The summed E-state index contributed by atoms with van der Waals surface area (Å²) in [5.41, 5.74) is 1.64. The third-order valence-corrected chi connectivity index (χ3v) is 7.93. The topological polar surface area (TPSA) is 106 Å². The van der Waals surface area contributed by atoms with E-state index in [1.54, 1.807) is 43.3 Å². The number of carbonyl (C=O) groups is 1. The maximum atomic E-state index is 13.9. The number of esters is 1. The highest BCUT2D eigenvalue weighted by atomic mass is 32.2. The molecule has 43 heavy (non-hydrogen) atoms. The second-order valence-corrected chi connectivity index (χ2v) is 12.7. The Morgan fingerprint density at radius 1 is 1.12 bits per heavy atom. The normalized spacial score (nSPS) is 12.8. The first-order chi connectivity index (χ1) is 20.3. The van der Waals surface area contributed by atoms with E-state index in [1.165, 1.54) is 19.4 Å². The molecule has 230 valence electrons. The number of benzene rings is 2. The van der Waals surface area contributed by atoms with Crippen molar-refractivity contribution >= 4 is 28.3 Å². The Hall–Kier alpha value is -3.74. The van der Waals surface area contributed by atoms with Crippen molar-refractivity contribution in [3.8, 4) is 22.6 Å². The van der Waals surface area contributed by atoms with Crippen molar-refractivity contribution in [3.63, 3.8) is 0 Å². The molecule has 0 amide bonds. The van der Waals surface area contributed by atoms with Gasteiger partial charge in [-0.25, -0.2) is 0 Å². The minimum Gasteiger partial charge on any atom is -0.598 e. The Bertz CT molecular complexity index is 1580. The molecule has 0 aliphatic rings. The fraction of sp³-hybridized carbons (Fsp3) is 0.355. The molecule has 0 spiro atoms. The minimum atomic E-state index is -4.65. The molecule has 8 nitrogen and oxygen atoms in total. The zero-order chi connectivity index (χ0) is 31.4. The van der Waals surface area contributed by atoms with Crippen LogP contribution in [0.3, 0.4) is 0 Å². The molecule has 1 unspecified atom stereocenters. The molecule has 0 aliphatic heterocycles. The van der Waals surface area contributed by atoms with Crippen molar-refractivity contribution in [1.82, 2.24) is 9.71 Å². The molecule has 0 bridgehead atoms. The van der Waals surface area contributed by atoms with Crippen molar-refractivity contribution in [2.75, 3.05) is 13.7 Å². The first-order valence-corrected chi connectivity index (χ1v) is 14.6. The molecule has 4 rings (SSSR count). The van der Waals surface area contributed by atoms with Gasteiger partial charge in [-0.15, -0.1) is 4.72 Å². The summed E-state index contributed by atoms with van der Waals surface area (Å²) in [6.07, 6.45) is -2.46. The van der Waals surface area contributed by atoms with E-state index in [4.69, 9.17) is 18.6 Å². The molecule has 2 aromatic carbocycles. The first-order valence-electron chi connectivity index (χ1n) is 13.5. The van der Waals surface area contributed by atoms with Gasteiger partial charge in [-0.3, -0.25) is 9.78 Å². The largest absolute Gasteiger partial charge is 0.598 e. The van der Waals surface area contributed by atoms with Crippen LogP contribution in [0.4, 0.5) is 13.2 Å². The molecule has 12 heteroatoms. The van der Waals surface area contributed by atoms with Gasteiger partial charge in [0.1, 0.15) is 40.3 Å². The van der Waals surface area contributed by atoms with Crippen molar-refractivity contribution in [1.29, 1.82) is 0 Å². The van der Waals surface area contributed by atoms with Gasteiger partial charge in [-0.05, 0) is 69.2 Å². The van der Waals surface area contributed by atoms with E-state index >= 15 is 0 Å². The van der Waals surface area contributed by atoms with Gasteiger partial charge < -0.3 is 23.2 Å². The van der Waals surface area contributed by atoms with Crippen LogP contribution in [-0.2, 0) is 46.6 Å². The van der Waals surface area contributed by atoms with E-state index in [-0.39, 0.29) is 37.1 Å². The number of fused-ring (bicyclic) bond motifs is 1. The van der Waals surface area contributed by atoms with Crippen LogP contribution < -0.4 is 14.2 Å². The number of nitrogens with one attached hydrogen (secondary N) is 1. The Balaban J connectivity index is 1.71. The number of furan rings is 1. The molecule has 0 saturated heterocycles. The summed E-state index contributed by atoms with van der Waals surface area (Å²) >= 11 is -1.34. The molecule has 0 radical (unpaired) electrons. The number of pyridine rings is 1. The van der Waals surface area contributed by atoms with Crippen LogP contribution in [0.5, 0.6) is 11.5 Å². The molecule has 1 N–H and O–H groups in total. The molecular weight excluding hydrogens is 585 g/mol. The summed E-state index contributed by atoms with van der Waals surface area (Å²) in [6.45, 7) is 7.52. The number of nitrogens with zero attached hydrogens (tertiary/aromatic N) is 1. The van der Waals surface area contributed by atoms with E-state index in [2.05, 4.69) is 9.71 Å². The number of ether oxygens (including phenoxy) is 3. The third-order valence-electron chi connectivity index (χ3n) is 6.42. The Kier molecular flexibility index (Phi) is 9.93. The Morgan fingerprint density at radius 2 is 1.88 bits per heavy atom. The summed E-state index contributed by atoms with van der Waals surface area (Å²) in [5.74, 6) is 0.378. The van der Waals surface area contributed by atoms with E-state index in [0.29, 0.717) is 45.7 Å². The predicted octanol–water partition coefficient (Wildman–Crippen LogP) is 6.76. The molecule has 2 heterocycles. The Morgan fingerprint density at radius 3 is 2.56 bits per heavy atom. The number of aromatic nitrogens is 1. The van der Waals surface area contributed by atoms with Gasteiger partial charge in [0.2, 0.25) is 0 Å². The average molecular weight is 619 g/mol. The number of methoxy groups -OCH3 is 1. The van der Waals surface area contributed by atoms with Crippen LogP contribution >= 0.6 is 0 Å². The fourth-order valence-electron chi connectivity index (χ4n) is 4.28. The van der Waals surface area contributed by atoms with Gasteiger partial charge in [0, 0.05) is 40.1 Å². The van der Waals surface area contributed by atoms with Gasteiger partial charge in [0.15, 0.2) is 0 Å². The molecule has 0 aliphatic carbocycles. The molecule has 4 aromatic rings. The summed E-state index contributed by atoms with van der Waals surface area (Å²) in [6, 6.07) is 11.4. The van der Waals surface area contributed by atoms with Crippen LogP contribution in [-0.4, -0.2) is 34.0 Å². The van der Waals surface area contributed by atoms with E-state index in [0.717, 1.165) is 0 Å². The quantitative estimate of drug-likeness (QED) is 0.145. The number of hydrogen-bond donors (Lipinski definition) is 1. The molecule has 1 atom stereocenters. The lowest BCUT2D eigenvalue weighted by Crippen LogP contribution is -2.39.